The van der Waals surface area contributed by atoms with E-state index in [0.29, 0.717) is 5.92 Å². The maximum absolute atomic E-state index is 9.32. The maximum atomic E-state index is 9.32. The van der Waals surface area contributed by atoms with Crippen LogP contribution in [-0.2, 0) is 0 Å². The topological polar surface area (TPSA) is 23.5 Å². The van der Waals surface area contributed by atoms with Gasteiger partial charge in [0.25, 0.3) is 0 Å². The summed E-state index contributed by atoms with van der Waals surface area (Å²) in [5.74, 6) is 0.420. The van der Waals surface area contributed by atoms with Crippen molar-refractivity contribution in [2.45, 2.75) is 39.2 Å². The molecule has 0 bridgehead atoms. The van der Waals surface area contributed by atoms with Crippen LogP contribution in [0.3, 0.4) is 0 Å². The Labute approximate surface area is 75.6 Å². The van der Waals surface area contributed by atoms with Crippen LogP contribution < -0.4 is 0 Å². The first-order valence-electron chi connectivity index (χ1n) is 5.10. The molecule has 0 aliphatic carbocycles. The number of hydrogen-bond acceptors (Lipinski definition) is 2. The van der Waals surface area contributed by atoms with Crippen molar-refractivity contribution in [3.63, 3.8) is 0 Å². The highest BCUT2D eigenvalue weighted by atomic mass is 16.3. The molecule has 1 fully saturated rings. The largest absolute Gasteiger partial charge is 0.393 e. The van der Waals surface area contributed by atoms with Gasteiger partial charge in [-0.1, -0.05) is 13.3 Å². The lowest BCUT2D eigenvalue weighted by molar-refractivity contribution is 0.0954. The molecule has 2 unspecified atom stereocenters. The normalized spacial score (nSPS) is 25.2. The number of nitrogens with zero attached hydrogens (tertiary/aromatic N) is 1. The van der Waals surface area contributed by atoms with E-state index >= 15 is 0 Å². The van der Waals surface area contributed by atoms with Crippen LogP contribution in [0.1, 0.15) is 33.1 Å². The zero-order valence-corrected chi connectivity index (χ0v) is 8.29. The Morgan fingerprint density at radius 1 is 1.17 bits per heavy atom. The van der Waals surface area contributed by atoms with E-state index in [2.05, 4.69) is 11.8 Å². The van der Waals surface area contributed by atoms with Crippen LogP contribution in [0.2, 0.25) is 0 Å². The first-order valence-corrected chi connectivity index (χ1v) is 5.10. The number of likely N-dealkylation sites (tertiary alicyclic amines) is 1. The van der Waals surface area contributed by atoms with Gasteiger partial charge in [-0.15, -0.1) is 0 Å². The summed E-state index contributed by atoms with van der Waals surface area (Å²) >= 11 is 0. The summed E-state index contributed by atoms with van der Waals surface area (Å²) in [6.07, 6.45) is 3.91. The van der Waals surface area contributed by atoms with Gasteiger partial charge in [0.15, 0.2) is 0 Å². The summed E-state index contributed by atoms with van der Waals surface area (Å²) in [5.41, 5.74) is 0. The van der Waals surface area contributed by atoms with E-state index in [9.17, 15) is 5.11 Å². The predicted octanol–water partition coefficient (Wildman–Crippen LogP) is 1.49. The molecule has 1 rings (SSSR count). The molecule has 0 saturated carbocycles. The Bertz CT molecular complexity index is 119. The molecule has 2 heteroatoms. The summed E-state index contributed by atoms with van der Waals surface area (Å²) in [6.45, 7) is 7.54. The summed E-state index contributed by atoms with van der Waals surface area (Å²) in [6, 6.07) is 0. The number of aliphatic hydroxyl groups is 1. The highest BCUT2D eigenvalue weighted by Crippen LogP contribution is 2.12. The van der Waals surface area contributed by atoms with E-state index < -0.39 is 0 Å². The van der Waals surface area contributed by atoms with Crippen LogP contribution in [0.25, 0.3) is 0 Å². The summed E-state index contributed by atoms with van der Waals surface area (Å²) in [7, 11) is 0. The minimum absolute atomic E-state index is 0.160. The van der Waals surface area contributed by atoms with Crippen molar-refractivity contribution < 1.29 is 5.11 Å². The monoisotopic (exact) mass is 171 g/mol. The second-order valence-electron chi connectivity index (χ2n) is 4.08. The molecule has 1 heterocycles. The first-order chi connectivity index (χ1) is 5.70. The minimum atomic E-state index is -0.160. The molecule has 2 nitrogen and oxygen atoms in total. The van der Waals surface area contributed by atoms with Gasteiger partial charge in [-0.25, -0.2) is 0 Å². The van der Waals surface area contributed by atoms with E-state index in [1.165, 1.54) is 32.4 Å². The highest BCUT2D eigenvalue weighted by Gasteiger charge is 2.15. The van der Waals surface area contributed by atoms with Crippen LogP contribution in [0, 0.1) is 5.92 Å². The second-order valence-corrected chi connectivity index (χ2v) is 4.08. The third kappa shape index (κ3) is 3.11. The van der Waals surface area contributed by atoms with Crippen molar-refractivity contribution in [2.75, 3.05) is 19.6 Å². The summed E-state index contributed by atoms with van der Waals surface area (Å²) in [4.78, 5) is 2.47. The van der Waals surface area contributed by atoms with Crippen LogP contribution >= 0.6 is 0 Å². The molecule has 12 heavy (non-hydrogen) atoms. The SMILES string of the molecule is CC(O)C(C)CN1CCCCC1. The summed E-state index contributed by atoms with van der Waals surface area (Å²) < 4.78 is 0. The van der Waals surface area contributed by atoms with E-state index in [4.69, 9.17) is 0 Å². The molecule has 0 amide bonds. The lowest BCUT2D eigenvalue weighted by Gasteiger charge is -2.29. The Hall–Kier alpha value is -0.0800. The van der Waals surface area contributed by atoms with E-state index in [-0.39, 0.29) is 6.10 Å². The van der Waals surface area contributed by atoms with Crippen molar-refractivity contribution in [3.8, 4) is 0 Å². The van der Waals surface area contributed by atoms with Crippen molar-refractivity contribution in [1.29, 1.82) is 0 Å². The fourth-order valence-corrected chi connectivity index (χ4v) is 1.70. The molecule has 72 valence electrons. The van der Waals surface area contributed by atoms with Crippen molar-refractivity contribution >= 4 is 0 Å². The molecule has 0 aromatic carbocycles. The highest BCUT2D eigenvalue weighted by molar-refractivity contribution is 4.69. The van der Waals surface area contributed by atoms with Gasteiger partial charge in [0, 0.05) is 6.54 Å². The Kier molecular flexibility index (Phi) is 4.02. The van der Waals surface area contributed by atoms with Gasteiger partial charge in [-0.2, -0.15) is 0 Å². The van der Waals surface area contributed by atoms with Gasteiger partial charge in [0.2, 0.25) is 0 Å². The quantitative estimate of drug-likeness (QED) is 0.695. The minimum Gasteiger partial charge on any atom is -0.393 e. The van der Waals surface area contributed by atoms with Crippen LogP contribution in [0.5, 0.6) is 0 Å². The van der Waals surface area contributed by atoms with Gasteiger partial charge in [0.05, 0.1) is 6.10 Å². The number of hydrogen-bond donors (Lipinski definition) is 1. The zero-order valence-electron chi connectivity index (χ0n) is 8.29. The maximum Gasteiger partial charge on any atom is 0.0549 e. The molecule has 0 aromatic rings. The summed E-state index contributed by atoms with van der Waals surface area (Å²) in [5, 5.41) is 9.32. The lowest BCUT2D eigenvalue weighted by Crippen LogP contribution is -2.36. The molecule has 0 radical (unpaired) electrons. The predicted molar refractivity (Wildman–Crippen MR) is 51.1 cm³/mol. The van der Waals surface area contributed by atoms with E-state index in [0.717, 1.165) is 6.54 Å². The standard InChI is InChI=1S/C10H21NO/c1-9(10(2)12)8-11-6-4-3-5-7-11/h9-10,12H,3-8H2,1-2H3. The van der Waals surface area contributed by atoms with Crippen molar-refractivity contribution in [2.24, 2.45) is 5.92 Å². The van der Waals surface area contributed by atoms with Crippen LogP contribution in [0.15, 0.2) is 0 Å². The van der Waals surface area contributed by atoms with E-state index in [1.807, 2.05) is 6.92 Å². The van der Waals surface area contributed by atoms with Crippen molar-refractivity contribution in [1.82, 2.24) is 4.90 Å². The molecular weight excluding hydrogens is 150 g/mol. The first kappa shape index (κ1) is 10.0. The lowest BCUT2D eigenvalue weighted by atomic mass is 10.0. The van der Waals surface area contributed by atoms with Gasteiger partial charge in [0.1, 0.15) is 0 Å². The molecule has 1 N–H and O–H groups in total. The molecular formula is C10H21NO. The molecule has 0 aromatic heterocycles. The van der Waals surface area contributed by atoms with Gasteiger partial charge in [-0.05, 0) is 38.8 Å². The fraction of sp³-hybridized carbons (Fsp3) is 1.00. The van der Waals surface area contributed by atoms with Gasteiger partial charge < -0.3 is 10.0 Å². The average molecular weight is 171 g/mol. The van der Waals surface area contributed by atoms with Crippen molar-refractivity contribution in [3.05, 3.63) is 0 Å². The Balaban J connectivity index is 2.20. The second kappa shape index (κ2) is 4.83. The fourth-order valence-electron chi connectivity index (χ4n) is 1.70. The molecule has 0 spiro atoms. The third-order valence-corrected chi connectivity index (χ3v) is 2.82. The Morgan fingerprint density at radius 2 is 1.75 bits per heavy atom. The third-order valence-electron chi connectivity index (χ3n) is 2.82. The van der Waals surface area contributed by atoms with Gasteiger partial charge in [-0.3, -0.25) is 0 Å². The molecule has 1 aliphatic rings. The van der Waals surface area contributed by atoms with Gasteiger partial charge >= 0.3 is 0 Å². The zero-order chi connectivity index (χ0) is 8.97. The average Bonchev–Trinajstić information content (AvgIpc) is 2.06. The van der Waals surface area contributed by atoms with E-state index in [1.54, 1.807) is 0 Å². The molecule has 1 saturated heterocycles. The number of piperidine rings is 1. The Morgan fingerprint density at radius 3 is 2.25 bits per heavy atom. The van der Waals surface area contributed by atoms with Crippen LogP contribution in [0.4, 0.5) is 0 Å². The smallest absolute Gasteiger partial charge is 0.0549 e. The molecule has 2 atom stereocenters. The molecule has 1 aliphatic heterocycles. The van der Waals surface area contributed by atoms with Crippen LogP contribution in [-0.4, -0.2) is 35.7 Å². The number of rotatable bonds is 3. The number of aliphatic hydroxyl groups excluding tert-OH is 1.